The molecule has 0 heterocycles. The zero-order valence-corrected chi connectivity index (χ0v) is 18.5. The summed E-state index contributed by atoms with van der Waals surface area (Å²) in [5.74, 6) is 1.86. The Morgan fingerprint density at radius 1 is 1.07 bits per heavy atom. The van der Waals surface area contributed by atoms with Crippen LogP contribution in [0.3, 0.4) is 0 Å². The maximum atomic E-state index is 11.4. The van der Waals surface area contributed by atoms with Gasteiger partial charge < -0.3 is 9.47 Å². The van der Waals surface area contributed by atoms with Crippen molar-refractivity contribution >= 4 is 11.9 Å². The van der Waals surface area contributed by atoms with Gasteiger partial charge in [-0.15, -0.1) is 0 Å². The molecule has 6 unspecified atom stereocenters. The summed E-state index contributed by atoms with van der Waals surface area (Å²) in [5.41, 5.74) is 3.59. The van der Waals surface area contributed by atoms with E-state index in [0.717, 1.165) is 43.4 Å². The molecule has 0 saturated heterocycles. The molecule has 0 aromatic heterocycles. The minimum absolute atomic E-state index is 0.0690. The fourth-order valence-electron chi connectivity index (χ4n) is 7.41. The average Bonchev–Trinajstić information content (AvgIpc) is 2.98. The monoisotopic (exact) mass is 400 g/mol. The summed E-state index contributed by atoms with van der Waals surface area (Å²) in [4.78, 5) is 22.5. The molecule has 4 heteroatoms. The summed E-state index contributed by atoms with van der Waals surface area (Å²) in [6, 6.07) is 0. The van der Waals surface area contributed by atoms with Crippen molar-refractivity contribution in [1.29, 1.82) is 0 Å². The van der Waals surface area contributed by atoms with Crippen molar-refractivity contribution in [3.8, 4) is 0 Å². The van der Waals surface area contributed by atoms with Gasteiger partial charge >= 0.3 is 11.9 Å². The van der Waals surface area contributed by atoms with E-state index in [0.29, 0.717) is 6.61 Å². The Labute approximate surface area is 175 Å². The Morgan fingerprint density at radius 2 is 1.79 bits per heavy atom. The smallest absolute Gasteiger partial charge is 0.302 e. The fraction of sp³-hybridized carbons (Fsp3) is 0.760. The second-order valence-electron chi connectivity index (χ2n) is 10.3. The molecule has 0 amide bonds. The van der Waals surface area contributed by atoms with E-state index in [4.69, 9.17) is 9.47 Å². The Morgan fingerprint density at radius 3 is 2.52 bits per heavy atom. The van der Waals surface area contributed by atoms with Gasteiger partial charge in [-0.25, -0.2) is 0 Å². The number of allylic oxidation sites excluding steroid dienone is 2. The Bertz CT molecular complexity index is 750. The van der Waals surface area contributed by atoms with Gasteiger partial charge in [0.2, 0.25) is 0 Å². The predicted octanol–water partition coefficient (Wildman–Crippen LogP) is 5.37. The molecule has 3 saturated carbocycles. The third kappa shape index (κ3) is 3.57. The van der Waals surface area contributed by atoms with E-state index in [-0.39, 0.29) is 28.9 Å². The minimum atomic E-state index is -0.201. The third-order valence-electron chi connectivity index (χ3n) is 8.86. The van der Waals surface area contributed by atoms with Crippen molar-refractivity contribution in [1.82, 2.24) is 0 Å². The van der Waals surface area contributed by atoms with Crippen molar-refractivity contribution < 1.29 is 19.1 Å². The highest BCUT2D eigenvalue weighted by atomic mass is 16.5. The molecule has 4 aliphatic rings. The number of esters is 2. The van der Waals surface area contributed by atoms with Crippen molar-refractivity contribution in [3.63, 3.8) is 0 Å². The lowest BCUT2D eigenvalue weighted by Crippen LogP contribution is -2.49. The lowest BCUT2D eigenvalue weighted by Gasteiger charge is -2.57. The standard InChI is InChI=1S/C25H36O4/c1-16(26)28-14-11-18-6-8-22-21-7-5-19-15-20(29-17(2)27)9-12-25(19,4)23(21)10-13-24(18,22)3/h5,11,20-23H,6-10,12-15H2,1-4H3. The normalized spacial score (nSPS) is 42.3. The molecule has 3 fully saturated rings. The maximum absolute atomic E-state index is 11.4. The van der Waals surface area contributed by atoms with Gasteiger partial charge in [-0.3, -0.25) is 9.59 Å². The molecule has 6 atom stereocenters. The molecular formula is C25H36O4. The summed E-state index contributed by atoms with van der Waals surface area (Å²) in [5, 5.41) is 0. The Balaban J connectivity index is 1.52. The van der Waals surface area contributed by atoms with Gasteiger partial charge in [0, 0.05) is 20.3 Å². The van der Waals surface area contributed by atoms with Crippen molar-refractivity contribution in [3.05, 3.63) is 23.3 Å². The molecule has 4 nitrogen and oxygen atoms in total. The molecule has 0 N–H and O–H groups in total. The van der Waals surface area contributed by atoms with Crippen LogP contribution in [-0.4, -0.2) is 24.6 Å². The number of ether oxygens (including phenoxy) is 2. The minimum Gasteiger partial charge on any atom is -0.462 e. The van der Waals surface area contributed by atoms with Crippen LogP contribution in [0.4, 0.5) is 0 Å². The zero-order chi connectivity index (χ0) is 20.8. The van der Waals surface area contributed by atoms with E-state index in [1.54, 1.807) is 5.57 Å². The van der Waals surface area contributed by atoms with Crippen LogP contribution in [0, 0.1) is 28.6 Å². The molecule has 0 aliphatic heterocycles. The number of hydrogen-bond donors (Lipinski definition) is 0. The summed E-state index contributed by atoms with van der Waals surface area (Å²) in [7, 11) is 0. The highest BCUT2D eigenvalue weighted by Crippen LogP contribution is 2.66. The average molecular weight is 401 g/mol. The number of fused-ring (bicyclic) bond motifs is 5. The first kappa shape index (κ1) is 20.7. The van der Waals surface area contributed by atoms with Crippen molar-refractivity contribution in [2.24, 2.45) is 28.6 Å². The van der Waals surface area contributed by atoms with Crippen LogP contribution >= 0.6 is 0 Å². The van der Waals surface area contributed by atoms with E-state index in [1.807, 2.05) is 0 Å². The van der Waals surface area contributed by atoms with Crippen LogP contribution in [0.15, 0.2) is 23.3 Å². The fourth-order valence-corrected chi connectivity index (χ4v) is 7.41. The van der Waals surface area contributed by atoms with E-state index >= 15 is 0 Å². The highest BCUT2D eigenvalue weighted by molar-refractivity contribution is 5.66. The maximum Gasteiger partial charge on any atom is 0.302 e. The van der Waals surface area contributed by atoms with Gasteiger partial charge in [-0.2, -0.15) is 0 Å². The molecule has 0 bridgehead atoms. The van der Waals surface area contributed by atoms with Gasteiger partial charge in [0.1, 0.15) is 12.7 Å². The molecule has 4 rings (SSSR count). The van der Waals surface area contributed by atoms with Crippen LogP contribution < -0.4 is 0 Å². The van der Waals surface area contributed by atoms with Gasteiger partial charge in [-0.1, -0.05) is 31.1 Å². The number of carbonyl (C=O) groups is 2. The molecule has 160 valence electrons. The second kappa shape index (κ2) is 7.59. The molecule has 29 heavy (non-hydrogen) atoms. The molecule has 0 aromatic carbocycles. The molecular weight excluding hydrogens is 364 g/mol. The second-order valence-corrected chi connectivity index (χ2v) is 10.3. The number of carbonyl (C=O) groups excluding carboxylic acids is 2. The molecule has 0 aromatic rings. The van der Waals surface area contributed by atoms with Crippen molar-refractivity contribution in [2.45, 2.75) is 85.2 Å². The van der Waals surface area contributed by atoms with E-state index in [9.17, 15) is 9.59 Å². The lowest BCUT2D eigenvalue weighted by atomic mass is 9.48. The lowest BCUT2D eigenvalue weighted by molar-refractivity contribution is -0.148. The first-order valence-electron chi connectivity index (χ1n) is 11.4. The van der Waals surface area contributed by atoms with E-state index in [1.165, 1.54) is 45.1 Å². The number of rotatable bonds is 3. The third-order valence-corrected chi connectivity index (χ3v) is 8.86. The van der Waals surface area contributed by atoms with Crippen LogP contribution in [0.5, 0.6) is 0 Å². The van der Waals surface area contributed by atoms with Gasteiger partial charge in [-0.05, 0) is 79.6 Å². The van der Waals surface area contributed by atoms with Crippen LogP contribution in [0.25, 0.3) is 0 Å². The quantitative estimate of drug-likeness (QED) is 0.472. The van der Waals surface area contributed by atoms with Crippen LogP contribution in [0.1, 0.15) is 79.1 Å². The Hall–Kier alpha value is -1.58. The Kier molecular flexibility index (Phi) is 5.41. The van der Waals surface area contributed by atoms with Crippen LogP contribution in [0.2, 0.25) is 0 Å². The predicted molar refractivity (Wildman–Crippen MR) is 112 cm³/mol. The summed E-state index contributed by atoms with van der Waals surface area (Å²) in [6.07, 6.45) is 13.9. The van der Waals surface area contributed by atoms with Crippen molar-refractivity contribution in [2.75, 3.05) is 6.61 Å². The van der Waals surface area contributed by atoms with E-state index in [2.05, 4.69) is 26.0 Å². The first-order chi connectivity index (χ1) is 13.7. The highest BCUT2D eigenvalue weighted by Gasteiger charge is 2.57. The zero-order valence-electron chi connectivity index (χ0n) is 18.5. The topological polar surface area (TPSA) is 52.6 Å². The summed E-state index contributed by atoms with van der Waals surface area (Å²) < 4.78 is 10.8. The molecule has 4 aliphatic carbocycles. The van der Waals surface area contributed by atoms with Gasteiger partial charge in [0.05, 0.1) is 0 Å². The largest absolute Gasteiger partial charge is 0.462 e. The summed E-state index contributed by atoms with van der Waals surface area (Å²) in [6.45, 7) is 8.36. The van der Waals surface area contributed by atoms with Crippen LogP contribution in [-0.2, 0) is 19.1 Å². The van der Waals surface area contributed by atoms with E-state index < -0.39 is 0 Å². The first-order valence-corrected chi connectivity index (χ1v) is 11.4. The summed E-state index contributed by atoms with van der Waals surface area (Å²) >= 11 is 0. The SMILES string of the molecule is CC(=O)OCC=C1CCC2C3CC=C4CC(OC(C)=O)CCC4(C)C3CCC12C. The van der Waals surface area contributed by atoms with Gasteiger partial charge in [0.15, 0.2) is 0 Å². The number of hydrogen-bond acceptors (Lipinski definition) is 4. The molecule has 0 radical (unpaired) electrons. The van der Waals surface area contributed by atoms with Gasteiger partial charge in [0.25, 0.3) is 0 Å². The molecule has 0 spiro atoms.